The summed E-state index contributed by atoms with van der Waals surface area (Å²) in [4.78, 5) is 16.7. The molecule has 0 aliphatic heterocycles. The topological polar surface area (TPSA) is 79.4 Å². The third-order valence-electron chi connectivity index (χ3n) is 1.77. The van der Waals surface area contributed by atoms with Gasteiger partial charge in [0.15, 0.2) is 0 Å². The fourth-order valence-electron chi connectivity index (χ4n) is 1.14. The number of oxazole rings is 1. The number of nitriles is 1. The van der Waals surface area contributed by atoms with E-state index in [0.717, 1.165) is 0 Å². The largest absolute Gasteiger partial charge is 0.466 e. The molecule has 0 fully saturated rings. The van der Waals surface area contributed by atoms with E-state index < -0.39 is 5.97 Å². The van der Waals surface area contributed by atoms with Gasteiger partial charge in [-0.1, -0.05) is 0 Å². The van der Waals surface area contributed by atoms with Gasteiger partial charge in [-0.3, -0.25) is 4.79 Å². The molecule has 16 heavy (non-hydrogen) atoms. The number of esters is 1. The number of carbonyl (C=O) groups excluding carboxylic acids is 1. The van der Waals surface area contributed by atoms with Crippen molar-refractivity contribution in [3.05, 3.63) is 11.6 Å². The lowest BCUT2D eigenvalue weighted by molar-refractivity contribution is -0.142. The highest BCUT2D eigenvalue weighted by Crippen LogP contribution is 2.19. The molecular formula is C10H13N3O3. The first-order valence-electron chi connectivity index (χ1n) is 4.81. The van der Waals surface area contributed by atoms with E-state index in [4.69, 9.17) is 14.4 Å². The summed E-state index contributed by atoms with van der Waals surface area (Å²) >= 11 is 0. The van der Waals surface area contributed by atoms with Gasteiger partial charge in [0.25, 0.3) is 0 Å². The standard InChI is InChI=1S/C10H13N3O3/c1-4-15-9(14)5-8-12-7(6-11)10(16-8)13(2)3/h4-5H2,1-3H3. The average molecular weight is 223 g/mol. The summed E-state index contributed by atoms with van der Waals surface area (Å²) in [5.74, 6) is 0.124. The van der Waals surface area contributed by atoms with Gasteiger partial charge in [0, 0.05) is 14.1 Å². The van der Waals surface area contributed by atoms with Gasteiger partial charge in [-0.15, -0.1) is 0 Å². The Balaban J connectivity index is 2.84. The Hall–Kier alpha value is -2.03. The van der Waals surface area contributed by atoms with E-state index in [1.807, 2.05) is 6.07 Å². The van der Waals surface area contributed by atoms with Crippen LogP contribution in [0.1, 0.15) is 18.5 Å². The van der Waals surface area contributed by atoms with Gasteiger partial charge < -0.3 is 14.1 Å². The second kappa shape index (κ2) is 5.16. The van der Waals surface area contributed by atoms with Crippen molar-refractivity contribution in [3.63, 3.8) is 0 Å². The van der Waals surface area contributed by atoms with Crippen molar-refractivity contribution in [2.45, 2.75) is 13.3 Å². The van der Waals surface area contributed by atoms with Crippen LogP contribution in [0.25, 0.3) is 0 Å². The third kappa shape index (κ3) is 2.73. The zero-order valence-electron chi connectivity index (χ0n) is 9.48. The molecule has 0 bridgehead atoms. The number of ether oxygens (including phenoxy) is 1. The molecule has 0 radical (unpaired) electrons. The molecule has 6 heteroatoms. The molecule has 1 heterocycles. The van der Waals surface area contributed by atoms with Crippen LogP contribution in [-0.2, 0) is 16.0 Å². The smallest absolute Gasteiger partial charge is 0.315 e. The monoisotopic (exact) mass is 223 g/mol. The summed E-state index contributed by atoms with van der Waals surface area (Å²) in [6, 6.07) is 1.90. The summed E-state index contributed by atoms with van der Waals surface area (Å²) in [7, 11) is 3.46. The van der Waals surface area contributed by atoms with Gasteiger partial charge in [-0.05, 0) is 6.92 Å². The Labute approximate surface area is 93.4 Å². The van der Waals surface area contributed by atoms with E-state index in [-0.39, 0.29) is 18.0 Å². The van der Waals surface area contributed by atoms with Crippen LogP contribution in [0.3, 0.4) is 0 Å². The van der Waals surface area contributed by atoms with Crippen LogP contribution in [-0.4, -0.2) is 31.7 Å². The summed E-state index contributed by atoms with van der Waals surface area (Å²) in [5, 5.41) is 8.80. The fraction of sp³-hybridized carbons (Fsp3) is 0.500. The highest BCUT2D eigenvalue weighted by molar-refractivity contribution is 5.71. The summed E-state index contributed by atoms with van der Waals surface area (Å²) < 4.78 is 10.0. The summed E-state index contributed by atoms with van der Waals surface area (Å²) in [5.41, 5.74) is 0.171. The van der Waals surface area contributed by atoms with E-state index in [0.29, 0.717) is 12.5 Å². The molecular weight excluding hydrogens is 210 g/mol. The van der Waals surface area contributed by atoms with Crippen LogP contribution in [0.2, 0.25) is 0 Å². The van der Waals surface area contributed by atoms with Crippen LogP contribution < -0.4 is 4.90 Å². The van der Waals surface area contributed by atoms with Gasteiger partial charge in [0.2, 0.25) is 17.5 Å². The quantitative estimate of drug-likeness (QED) is 0.700. The number of rotatable bonds is 4. The summed E-state index contributed by atoms with van der Waals surface area (Å²) in [6.07, 6.45) is -0.0592. The molecule has 0 N–H and O–H groups in total. The molecule has 1 aromatic rings. The second-order valence-electron chi connectivity index (χ2n) is 3.25. The van der Waals surface area contributed by atoms with Crippen LogP contribution in [0.5, 0.6) is 0 Å². The minimum absolute atomic E-state index is 0.0592. The molecule has 0 saturated carbocycles. The van der Waals surface area contributed by atoms with Gasteiger partial charge in [0.05, 0.1) is 6.61 Å². The maximum Gasteiger partial charge on any atom is 0.315 e. The van der Waals surface area contributed by atoms with Crippen molar-refractivity contribution < 1.29 is 13.9 Å². The van der Waals surface area contributed by atoms with Crippen molar-refractivity contribution >= 4 is 11.9 Å². The van der Waals surface area contributed by atoms with Gasteiger partial charge in [-0.2, -0.15) is 10.2 Å². The molecule has 0 aliphatic rings. The first-order valence-corrected chi connectivity index (χ1v) is 4.81. The SMILES string of the molecule is CCOC(=O)Cc1nc(C#N)c(N(C)C)o1. The van der Waals surface area contributed by atoms with E-state index in [1.54, 1.807) is 25.9 Å². The molecule has 0 unspecified atom stereocenters. The number of hydrogen-bond donors (Lipinski definition) is 0. The molecule has 86 valence electrons. The Morgan fingerprint density at radius 2 is 2.31 bits per heavy atom. The minimum atomic E-state index is -0.418. The van der Waals surface area contributed by atoms with Crippen LogP contribution >= 0.6 is 0 Å². The molecule has 0 atom stereocenters. The van der Waals surface area contributed by atoms with Gasteiger partial charge >= 0.3 is 5.97 Å². The highest BCUT2D eigenvalue weighted by atomic mass is 16.5. The van der Waals surface area contributed by atoms with Crippen molar-refractivity contribution in [1.29, 1.82) is 5.26 Å². The minimum Gasteiger partial charge on any atom is -0.466 e. The lowest BCUT2D eigenvalue weighted by atomic mass is 10.4. The van der Waals surface area contributed by atoms with Crippen molar-refractivity contribution in [1.82, 2.24) is 4.98 Å². The molecule has 0 aliphatic carbocycles. The van der Waals surface area contributed by atoms with Crippen LogP contribution in [0.4, 0.5) is 5.88 Å². The zero-order chi connectivity index (χ0) is 12.1. The van der Waals surface area contributed by atoms with Crippen molar-refractivity contribution in [3.8, 4) is 6.07 Å². The molecule has 1 rings (SSSR count). The van der Waals surface area contributed by atoms with E-state index in [1.165, 1.54) is 0 Å². The molecule has 0 saturated heterocycles. The zero-order valence-corrected chi connectivity index (χ0v) is 9.48. The Bertz CT molecular complexity index is 417. The van der Waals surface area contributed by atoms with Gasteiger partial charge in [0.1, 0.15) is 12.5 Å². The number of aromatic nitrogens is 1. The number of nitrogens with zero attached hydrogens (tertiary/aromatic N) is 3. The highest BCUT2D eigenvalue weighted by Gasteiger charge is 2.17. The fourth-order valence-corrected chi connectivity index (χ4v) is 1.14. The van der Waals surface area contributed by atoms with E-state index in [2.05, 4.69) is 4.98 Å². The van der Waals surface area contributed by atoms with E-state index >= 15 is 0 Å². The lowest BCUT2D eigenvalue weighted by Crippen LogP contribution is -2.09. The predicted molar refractivity (Wildman–Crippen MR) is 55.9 cm³/mol. The maximum atomic E-state index is 11.2. The Morgan fingerprint density at radius 1 is 1.62 bits per heavy atom. The van der Waals surface area contributed by atoms with Gasteiger partial charge in [-0.25, -0.2) is 0 Å². The molecule has 6 nitrogen and oxygen atoms in total. The lowest BCUT2D eigenvalue weighted by Gasteiger charge is -2.06. The Morgan fingerprint density at radius 3 is 2.75 bits per heavy atom. The average Bonchev–Trinajstić information content (AvgIpc) is 2.61. The Kier molecular flexibility index (Phi) is 3.89. The number of anilines is 1. The van der Waals surface area contributed by atoms with Crippen LogP contribution in [0.15, 0.2) is 4.42 Å². The first-order chi connectivity index (χ1) is 7.58. The van der Waals surface area contributed by atoms with Crippen LogP contribution in [0, 0.1) is 11.3 Å². The molecule has 0 amide bonds. The maximum absolute atomic E-state index is 11.2. The summed E-state index contributed by atoms with van der Waals surface area (Å²) in [6.45, 7) is 2.03. The molecule has 0 spiro atoms. The first kappa shape index (κ1) is 12.0. The van der Waals surface area contributed by atoms with E-state index in [9.17, 15) is 4.79 Å². The van der Waals surface area contributed by atoms with Crippen molar-refractivity contribution in [2.24, 2.45) is 0 Å². The van der Waals surface area contributed by atoms with Crippen molar-refractivity contribution in [2.75, 3.05) is 25.6 Å². The second-order valence-corrected chi connectivity index (χ2v) is 3.25. The molecule has 1 aromatic heterocycles. The number of carbonyl (C=O) groups is 1. The molecule has 0 aromatic carbocycles. The predicted octanol–water partition coefficient (Wildman–Crippen LogP) is 0.718. The normalized spacial score (nSPS) is 9.62. The third-order valence-corrected chi connectivity index (χ3v) is 1.77. The number of hydrogen-bond acceptors (Lipinski definition) is 6.